The monoisotopic (exact) mass is 484 g/mol. The number of nitrogens with zero attached hydrogens (tertiary/aromatic N) is 2. The third-order valence-electron chi connectivity index (χ3n) is 8.01. The van der Waals surface area contributed by atoms with Crippen molar-refractivity contribution in [1.29, 1.82) is 0 Å². The predicted molar refractivity (Wildman–Crippen MR) is 130 cm³/mol. The maximum Gasteiger partial charge on any atom is 0.407 e. The van der Waals surface area contributed by atoms with E-state index in [9.17, 15) is 9.59 Å². The minimum absolute atomic E-state index is 0.0633. The molecule has 35 heavy (non-hydrogen) atoms. The van der Waals surface area contributed by atoms with Gasteiger partial charge in [-0.05, 0) is 61.3 Å². The van der Waals surface area contributed by atoms with Crippen LogP contribution in [0.2, 0.25) is 0 Å². The Morgan fingerprint density at radius 3 is 2.26 bits per heavy atom. The molecule has 1 aromatic rings. The molecule has 8 nitrogen and oxygen atoms in total. The van der Waals surface area contributed by atoms with Crippen LogP contribution in [0.25, 0.3) is 5.57 Å². The van der Waals surface area contributed by atoms with Gasteiger partial charge in [-0.2, -0.15) is 0 Å². The highest BCUT2D eigenvalue weighted by molar-refractivity contribution is 5.81. The fourth-order valence-corrected chi connectivity index (χ4v) is 5.70. The van der Waals surface area contributed by atoms with E-state index in [1.54, 1.807) is 0 Å². The maximum atomic E-state index is 13.1. The Labute approximate surface area is 206 Å². The Morgan fingerprint density at radius 2 is 1.66 bits per heavy atom. The largest absolute Gasteiger partial charge is 0.493 e. The molecule has 3 fully saturated rings. The zero-order valence-electron chi connectivity index (χ0n) is 20.3. The molecule has 3 aliphatic heterocycles. The van der Waals surface area contributed by atoms with Gasteiger partial charge in [0, 0.05) is 44.9 Å². The summed E-state index contributed by atoms with van der Waals surface area (Å²) in [7, 11) is 0. The number of hydrogen-bond donors (Lipinski definition) is 1. The minimum Gasteiger partial charge on any atom is -0.493 e. The zero-order chi connectivity index (χ0) is 24.3. The second-order valence-corrected chi connectivity index (χ2v) is 10.2. The highest BCUT2D eigenvalue weighted by atomic mass is 16.7. The highest BCUT2D eigenvalue weighted by Crippen LogP contribution is 2.35. The first kappa shape index (κ1) is 24.1. The van der Waals surface area contributed by atoms with Crippen LogP contribution in [-0.2, 0) is 14.3 Å². The smallest absolute Gasteiger partial charge is 0.407 e. The number of allylic oxidation sites excluding steroid dienone is 2. The van der Waals surface area contributed by atoms with Gasteiger partial charge < -0.3 is 29.1 Å². The SMILES string of the molecule is O=C(O)N1CCC(COc2ccc(C3=CCC(C(=O)N4CCC5(CC4)OCCO5)CC3)cc2)CC1. The molecule has 5 rings (SSSR count). The van der Waals surface area contributed by atoms with Gasteiger partial charge in [-0.1, -0.05) is 18.2 Å². The molecule has 4 aliphatic rings. The molecule has 0 radical (unpaired) electrons. The Morgan fingerprint density at radius 1 is 0.971 bits per heavy atom. The van der Waals surface area contributed by atoms with Crippen molar-refractivity contribution in [1.82, 2.24) is 9.80 Å². The molecule has 190 valence electrons. The lowest BCUT2D eigenvalue weighted by atomic mass is 9.85. The van der Waals surface area contributed by atoms with E-state index in [2.05, 4.69) is 18.2 Å². The Bertz CT molecular complexity index is 921. The summed E-state index contributed by atoms with van der Waals surface area (Å²) < 4.78 is 17.5. The fourth-order valence-electron chi connectivity index (χ4n) is 5.70. The maximum absolute atomic E-state index is 13.1. The lowest BCUT2D eigenvalue weighted by molar-refractivity contribution is -0.188. The molecule has 3 heterocycles. The molecule has 3 saturated heterocycles. The quantitative estimate of drug-likeness (QED) is 0.680. The average molecular weight is 485 g/mol. The van der Waals surface area contributed by atoms with Crippen molar-refractivity contribution in [2.45, 2.75) is 50.7 Å². The van der Waals surface area contributed by atoms with Crippen LogP contribution in [-0.4, -0.2) is 78.7 Å². The van der Waals surface area contributed by atoms with Gasteiger partial charge >= 0.3 is 6.09 Å². The lowest BCUT2D eigenvalue weighted by Crippen LogP contribution is -2.49. The van der Waals surface area contributed by atoms with Crippen molar-refractivity contribution in [3.63, 3.8) is 0 Å². The van der Waals surface area contributed by atoms with E-state index in [1.807, 2.05) is 17.0 Å². The van der Waals surface area contributed by atoms with Crippen molar-refractivity contribution < 1.29 is 28.9 Å². The third kappa shape index (κ3) is 5.64. The van der Waals surface area contributed by atoms with Crippen LogP contribution in [0.4, 0.5) is 4.79 Å². The molecule has 0 bridgehead atoms. The van der Waals surface area contributed by atoms with Crippen LogP contribution in [0.3, 0.4) is 0 Å². The number of carbonyl (C=O) groups excluding carboxylic acids is 1. The van der Waals surface area contributed by atoms with Crippen molar-refractivity contribution in [3.8, 4) is 5.75 Å². The van der Waals surface area contributed by atoms with Crippen molar-refractivity contribution >= 4 is 17.6 Å². The van der Waals surface area contributed by atoms with Gasteiger partial charge in [-0.25, -0.2) is 4.79 Å². The van der Waals surface area contributed by atoms with Crippen molar-refractivity contribution in [2.24, 2.45) is 11.8 Å². The average Bonchev–Trinajstić information content (AvgIpc) is 3.36. The molecule has 1 spiro atoms. The third-order valence-corrected chi connectivity index (χ3v) is 8.01. The summed E-state index contributed by atoms with van der Waals surface area (Å²) in [5, 5.41) is 9.07. The fraction of sp³-hybridized carbons (Fsp3) is 0.630. The van der Waals surface area contributed by atoms with E-state index in [0.717, 1.165) is 50.7 Å². The van der Waals surface area contributed by atoms with Gasteiger partial charge in [0.2, 0.25) is 5.91 Å². The summed E-state index contributed by atoms with van der Waals surface area (Å²) in [5.74, 6) is 1.13. The van der Waals surface area contributed by atoms with Crippen LogP contribution < -0.4 is 4.74 Å². The van der Waals surface area contributed by atoms with Gasteiger partial charge in [0.05, 0.1) is 19.8 Å². The summed E-state index contributed by atoms with van der Waals surface area (Å²) in [6.45, 7) is 4.53. The number of carboxylic acid groups (broad SMARTS) is 1. The molecule has 1 atom stereocenters. The molecule has 2 amide bonds. The summed E-state index contributed by atoms with van der Waals surface area (Å²) in [6, 6.07) is 8.22. The number of amides is 2. The Hall–Kier alpha value is -2.58. The van der Waals surface area contributed by atoms with E-state index in [-0.39, 0.29) is 11.8 Å². The number of carbonyl (C=O) groups is 2. The van der Waals surface area contributed by atoms with Gasteiger partial charge in [0.1, 0.15) is 5.75 Å². The van der Waals surface area contributed by atoms with E-state index >= 15 is 0 Å². The molecule has 1 aliphatic carbocycles. The molecule has 1 aromatic carbocycles. The topological polar surface area (TPSA) is 88.5 Å². The van der Waals surface area contributed by atoms with Crippen molar-refractivity contribution in [2.75, 3.05) is 46.0 Å². The number of piperidine rings is 2. The van der Waals surface area contributed by atoms with Crippen LogP contribution in [0.15, 0.2) is 30.3 Å². The second kappa shape index (κ2) is 10.6. The number of rotatable bonds is 5. The first-order valence-electron chi connectivity index (χ1n) is 13.0. The second-order valence-electron chi connectivity index (χ2n) is 10.2. The highest BCUT2D eigenvalue weighted by Gasteiger charge is 2.41. The zero-order valence-corrected chi connectivity index (χ0v) is 20.3. The molecular weight excluding hydrogens is 448 g/mol. The minimum atomic E-state index is -0.832. The molecule has 0 saturated carbocycles. The Kier molecular flexibility index (Phi) is 7.29. The lowest BCUT2D eigenvalue weighted by Gasteiger charge is -2.39. The van der Waals surface area contributed by atoms with E-state index in [4.69, 9.17) is 19.3 Å². The number of ether oxygens (including phenoxy) is 3. The van der Waals surface area contributed by atoms with E-state index in [1.165, 1.54) is 16.0 Å². The molecule has 8 heteroatoms. The van der Waals surface area contributed by atoms with E-state index in [0.29, 0.717) is 51.9 Å². The normalized spacial score (nSPS) is 24.9. The predicted octanol–water partition coefficient (Wildman–Crippen LogP) is 4.00. The first-order valence-corrected chi connectivity index (χ1v) is 13.0. The van der Waals surface area contributed by atoms with Gasteiger partial charge in [-0.3, -0.25) is 4.79 Å². The van der Waals surface area contributed by atoms with Gasteiger partial charge in [-0.15, -0.1) is 0 Å². The number of benzene rings is 1. The summed E-state index contributed by atoms with van der Waals surface area (Å²) in [5.41, 5.74) is 2.49. The van der Waals surface area contributed by atoms with Gasteiger partial charge in [0.25, 0.3) is 0 Å². The molecule has 1 unspecified atom stereocenters. The standard InChI is InChI=1S/C27H36N2O6/c30-25(28-15-11-27(12-16-28)34-17-18-35-27)23-3-1-21(2-4-23)22-5-7-24(8-6-22)33-19-20-9-13-29(14-10-20)26(31)32/h1,5-8,20,23H,2-4,9-19H2,(H,31,32). The summed E-state index contributed by atoms with van der Waals surface area (Å²) >= 11 is 0. The van der Waals surface area contributed by atoms with E-state index < -0.39 is 11.9 Å². The first-order chi connectivity index (χ1) is 17.0. The molecular formula is C27H36N2O6. The van der Waals surface area contributed by atoms with Gasteiger partial charge in [0.15, 0.2) is 5.79 Å². The number of likely N-dealkylation sites (tertiary alicyclic amines) is 2. The summed E-state index contributed by atoms with van der Waals surface area (Å²) in [6.07, 6.45) is 7.19. The van der Waals surface area contributed by atoms with Crippen LogP contribution in [0, 0.1) is 11.8 Å². The molecule has 1 N–H and O–H groups in total. The molecule has 0 aromatic heterocycles. The number of hydrogen-bond acceptors (Lipinski definition) is 5. The van der Waals surface area contributed by atoms with Crippen LogP contribution >= 0.6 is 0 Å². The van der Waals surface area contributed by atoms with Crippen molar-refractivity contribution in [3.05, 3.63) is 35.9 Å². The summed E-state index contributed by atoms with van der Waals surface area (Å²) in [4.78, 5) is 27.6. The van der Waals surface area contributed by atoms with Crippen LogP contribution in [0.1, 0.15) is 50.5 Å². The van der Waals surface area contributed by atoms with Crippen LogP contribution in [0.5, 0.6) is 5.75 Å². The Balaban J connectivity index is 1.07.